The van der Waals surface area contributed by atoms with Crippen molar-refractivity contribution in [2.75, 3.05) is 13.2 Å². The molecule has 1 fully saturated rings. The van der Waals surface area contributed by atoms with Crippen LogP contribution in [-0.2, 0) is 20.7 Å². The summed E-state index contributed by atoms with van der Waals surface area (Å²) in [5.41, 5.74) is 2.23. The second kappa shape index (κ2) is 10.0. The van der Waals surface area contributed by atoms with Gasteiger partial charge in [-0.2, -0.15) is 0 Å². The summed E-state index contributed by atoms with van der Waals surface area (Å²) >= 11 is 0. The van der Waals surface area contributed by atoms with Crippen molar-refractivity contribution in [3.63, 3.8) is 0 Å². The fourth-order valence-electron chi connectivity index (χ4n) is 3.33. The van der Waals surface area contributed by atoms with Gasteiger partial charge < -0.3 is 34.6 Å². The Morgan fingerprint density at radius 1 is 1.03 bits per heavy atom. The minimum Gasteiger partial charge on any atom is -0.466 e. The molecule has 3 rings (SSSR count). The highest BCUT2D eigenvalue weighted by molar-refractivity contribution is 5.75. The second-order valence-corrected chi connectivity index (χ2v) is 6.99. The van der Waals surface area contributed by atoms with Crippen molar-refractivity contribution in [3.05, 3.63) is 54.1 Å². The summed E-state index contributed by atoms with van der Waals surface area (Å²) in [7, 11) is 0. The van der Waals surface area contributed by atoms with E-state index in [0.29, 0.717) is 17.9 Å². The van der Waals surface area contributed by atoms with Gasteiger partial charge in [-0.15, -0.1) is 0 Å². The number of carbonyl (C=O) groups is 1. The monoisotopic (exact) mass is 418 g/mol. The van der Waals surface area contributed by atoms with Crippen molar-refractivity contribution in [2.24, 2.45) is 0 Å². The van der Waals surface area contributed by atoms with Gasteiger partial charge in [0.25, 0.3) is 0 Å². The number of esters is 1. The summed E-state index contributed by atoms with van der Waals surface area (Å²) in [5, 5.41) is 39.5. The zero-order valence-electron chi connectivity index (χ0n) is 16.5. The van der Waals surface area contributed by atoms with Crippen molar-refractivity contribution < 1.29 is 39.4 Å². The molecule has 2 aromatic carbocycles. The molecule has 8 nitrogen and oxygen atoms in total. The van der Waals surface area contributed by atoms with E-state index in [2.05, 4.69) is 0 Å². The van der Waals surface area contributed by atoms with E-state index in [-0.39, 0.29) is 12.4 Å². The van der Waals surface area contributed by atoms with E-state index in [1.807, 2.05) is 36.4 Å². The topological polar surface area (TPSA) is 126 Å². The number of para-hydroxylation sites is 1. The fourth-order valence-corrected chi connectivity index (χ4v) is 3.33. The van der Waals surface area contributed by atoms with E-state index >= 15 is 0 Å². The van der Waals surface area contributed by atoms with Crippen LogP contribution in [0.1, 0.15) is 12.5 Å². The molecule has 0 radical (unpaired) electrons. The molecule has 1 aliphatic heterocycles. The van der Waals surface area contributed by atoms with Crippen LogP contribution in [0.15, 0.2) is 48.5 Å². The molecule has 30 heavy (non-hydrogen) atoms. The Kier molecular flexibility index (Phi) is 7.41. The van der Waals surface area contributed by atoms with Gasteiger partial charge in [0.2, 0.25) is 6.29 Å². The predicted molar refractivity (Wildman–Crippen MR) is 107 cm³/mol. The number of ether oxygens (including phenoxy) is 3. The summed E-state index contributed by atoms with van der Waals surface area (Å²) in [5.74, 6) is 0.0515. The number of benzene rings is 2. The van der Waals surface area contributed by atoms with Crippen LogP contribution in [0.3, 0.4) is 0 Å². The minimum atomic E-state index is -1.53. The van der Waals surface area contributed by atoms with E-state index in [1.165, 1.54) is 0 Å². The van der Waals surface area contributed by atoms with Gasteiger partial charge in [0, 0.05) is 5.56 Å². The van der Waals surface area contributed by atoms with Crippen LogP contribution < -0.4 is 4.74 Å². The Balaban J connectivity index is 1.84. The lowest BCUT2D eigenvalue weighted by atomic mass is 9.99. The molecule has 162 valence electrons. The van der Waals surface area contributed by atoms with Crippen LogP contribution in [0.25, 0.3) is 11.1 Å². The quantitative estimate of drug-likeness (QED) is 0.483. The Morgan fingerprint density at radius 3 is 2.53 bits per heavy atom. The Morgan fingerprint density at radius 2 is 1.80 bits per heavy atom. The van der Waals surface area contributed by atoms with Gasteiger partial charge in [-0.05, 0) is 24.1 Å². The highest BCUT2D eigenvalue weighted by Crippen LogP contribution is 2.33. The molecule has 1 aliphatic rings. The molecule has 5 atom stereocenters. The summed E-state index contributed by atoms with van der Waals surface area (Å²) in [6, 6.07) is 14.4. The molecule has 8 heteroatoms. The number of carbonyl (C=O) groups excluding carboxylic acids is 1. The Bertz CT molecular complexity index is 853. The SMILES string of the molecule is CCOC(=O)Cc1cccc(-c2ccccc2O[C@H]2O[C@H](CO)[C@@H](O)[C@H](O)[C@@H]2O)c1. The Hall–Kier alpha value is -2.49. The van der Waals surface area contributed by atoms with Gasteiger partial charge in [-0.25, -0.2) is 0 Å². The van der Waals surface area contributed by atoms with Crippen molar-refractivity contribution in [1.29, 1.82) is 0 Å². The molecule has 2 aromatic rings. The fraction of sp³-hybridized carbons (Fsp3) is 0.409. The van der Waals surface area contributed by atoms with Crippen LogP contribution in [0.4, 0.5) is 0 Å². The third-order valence-corrected chi connectivity index (χ3v) is 4.87. The Labute approximate surface area is 174 Å². The minimum absolute atomic E-state index is 0.136. The molecule has 0 aliphatic carbocycles. The first kappa shape index (κ1) is 22.2. The summed E-state index contributed by atoms with van der Waals surface area (Å²) in [6.45, 7) is 1.53. The molecule has 0 bridgehead atoms. The number of hydrogen-bond donors (Lipinski definition) is 4. The van der Waals surface area contributed by atoms with Crippen molar-refractivity contribution >= 4 is 5.97 Å². The standard InChI is InChI=1S/C22H26O8/c1-2-28-18(24)11-13-6-5-7-14(10-13)15-8-3-4-9-16(15)29-22-21(27)20(26)19(25)17(12-23)30-22/h3-10,17,19-23,25-27H,2,11-12H2,1H3/t17-,19-,20+,21+,22+/m1/s1. The molecule has 0 spiro atoms. The van der Waals surface area contributed by atoms with Crippen molar-refractivity contribution in [2.45, 2.75) is 44.1 Å². The lowest BCUT2D eigenvalue weighted by molar-refractivity contribution is -0.277. The zero-order valence-corrected chi connectivity index (χ0v) is 16.5. The van der Waals surface area contributed by atoms with Gasteiger partial charge in [0.05, 0.1) is 19.6 Å². The summed E-state index contributed by atoms with van der Waals surface area (Å²) in [6.07, 6.45) is -6.71. The van der Waals surface area contributed by atoms with Gasteiger partial charge in [0.1, 0.15) is 30.2 Å². The highest BCUT2D eigenvalue weighted by Gasteiger charge is 2.44. The molecule has 4 N–H and O–H groups in total. The van der Waals surface area contributed by atoms with Gasteiger partial charge in [0.15, 0.2) is 0 Å². The maximum absolute atomic E-state index is 11.8. The molecule has 0 amide bonds. The maximum atomic E-state index is 11.8. The average Bonchev–Trinajstić information content (AvgIpc) is 2.75. The molecule has 0 unspecified atom stereocenters. The van der Waals surface area contributed by atoms with Crippen molar-refractivity contribution in [3.8, 4) is 16.9 Å². The van der Waals surface area contributed by atoms with E-state index in [4.69, 9.17) is 14.2 Å². The first-order chi connectivity index (χ1) is 14.4. The first-order valence-corrected chi connectivity index (χ1v) is 9.75. The highest BCUT2D eigenvalue weighted by atomic mass is 16.7. The summed E-state index contributed by atoms with van der Waals surface area (Å²) < 4.78 is 16.2. The van der Waals surface area contributed by atoms with Crippen LogP contribution in [0.5, 0.6) is 5.75 Å². The van der Waals surface area contributed by atoms with Crippen LogP contribution in [0, 0.1) is 0 Å². The van der Waals surface area contributed by atoms with Gasteiger partial charge in [-0.3, -0.25) is 4.79 Å². The van der Waals surface area contributed by atoms with Crippen LogP contribution in [-0.4, -0.2) is 70.3 Å². The van der Waals surface area contributed by atoms with E-state index in [1.54, 1.807) is 19.1 Å². The van der Waals surface area contributed by atoms with E-state index in [0.717, 1.165) is 11.1 Å². The number of rotatable bonds is 7. The average molecular weight is 418 g/mol. The lowest BCUT2D eigenvalue weighted by Crippen LogP contribution is -2.60. The molecule has 1 saturated heterocycles. The molecule has 0 aromatic heterocycles. The lowest BCUT2D eigenvalue weighted by Gasteiger charge is -2.39. The summed E-state index contributed by atoms with van der Waals surface area (Å²) in [4.78, 5) is 11.8. The molecule has 0 saturated carbocycles. The molecular formula is C22H26O8. The third-order valence-electron chi connectivity index (χ3n) is 4.87. The second-order valence-electron chi connectivity index (χ2n) is 6.99. The van der Waals surface area contributed by atoms with E-state index in [9.17, 15) is 25.2 Å². The van der Waals surface area contributed by atoms with Crippen LogP contribution >= 0.6 is 0 Å². The third kappa shape index (κ3) is 4.97. The number of aliphatic hydroxyl groups is 4. The van der Waals surface area contributed by atoms with E-state index < -0.39 is 37.3 Å². The van der Waals surface area contributed by atoms with Gasteiger partial charge >= 0.3 is 5.97 Å². The zero-order chi connectivity index (χ0) is 21.7. The number of hydrogen-bond acceptors (Lipinski definition) is 8. The molecule has 1 heterocycles. The number of aliphatic hydroxyl groups excluding tert-OH is 4. The normalized spacial score (nSPS) is 26.2. The largest absolute Gasteiger partial charge is 0.466 e. The molecular weight excluding hydrogens is 392 g/mol. The van der Waals surface area contributed by atoms with Crippen LogP contribution in [0.2, 0.25) is 0 Å². The smallest absolute Gasteiger partial charge is 0.310 e. The van der Waals surface area contributed by atoms with Gasteiger partial charge in [-0.1, -0.05) is 42.5 Å². The van der Waals surface area contributed by atoms with Crippen molar-refractivity contribution in [1.82, 2.24) is 0 Å². The maximum Gasteiger partial charge on any atom is 0.310 e. The predicted octanol–water partition coefficient (Wildman–Crippen LogP) is 0.638. The first-order valence-electron chi connectivity index (χ1n) is 9.75.